The Morgan fingerprint density at radius 2 is 1.94 bits per heavy atom. The quantitative estimate of drug-likeness (QED) is 0.837. The molecule has 0 unspecified atom stereocenters. The molecule has 4 nitrogen and oxygen atoms in total. The third-order valence-electron chi connectivity index (χ3n) is 2.81. The summed E-state index contributed by atoms with van der Waals surface area (Å²) in [5.74, 6) is -0.645. The van der Waals surface area contributed by atoms with Crippen molar-refractivity contribution in [3.63, 3.8) is 0 Å². The Kier molecular flexibility index (Phi) is 3.57. The van der Waals surface area contributed by atoms with Gasteiger partial charge in [0, 0.05) is 17.9 Å². The lowest BCUT2D eigenvalue weighted by Crippen LogP contribution is -2.34. The van der Waals surface area contributed by atoms with Gasteiger partial charge in [-0.2, -0.15) is 0 Å². The number of rotatable bonds is 4. The number of benzene rings is 1. The van der Waals surface area contributed by atoms with E-state index in [4.69, 9.17) is 0 Å². The van der Waals surface area contributed by atoms with E-state index in [0.29, 0.717) is 11.9 Å². The first kappa shape index (κ1) is 12.2. The first-order valence-corrected chi connectivity index (χ1v) is 6.65. The summed E-state index contributed by atoms with van der Waals surface area (Å²) in [5, 5.41) is 20.0. The second-order valence-corrected chi connectivity index (χ2v) is 4.88. The van der Waals surface area contributed by atoms with E-state index in [1.165, 1.54) is 18.2 Å². The lowest BCUT2D eigenvalue weighted by Gasteiger charge is -2.22. The van der Waals surface area contributed by atoms with Crippen molar-refractivity contribution in [3.8, 4) is 11.5 Å². The molecule has 0 aliphatic heterocycles. The van der Waals surface area contributed by atoms with Crippen LogP contribution < -0.4 is 0 Å². The molecule has 2 rings (SSSR count). The van der Waals surface area contributed by atoms with Crippen molar-refractivity contribution in [1.82, 2.24) is 4.90 Å². The van der Waals surface area contributed by atoms with Gasteiger partial charge in [0.2, 0.25) is 0 Å². The van der Waals surface area contributed by atoms with Gasteiger partial charge in [-0.1, -0.05) is 22.0 Å². The molecular formula is C12H14BrNO3. The Labute approximate surface area is 108 Å². The third kappa shape index (κ3) is 2.54. The van der Waals surface area contributed by atoms with Crippen LogP contribution in [0.2, 0.25) is 0 Å². The first-order valence-electron chi connectivity index (χ1n) is 5.53. The van der Waals surface area contributed by atoms with E-state index >= 15 is 0 Å². The standard InChI is InChI=1S/C12H14BrNO3/c13-6-7-14(8-4-5-8)12(17)11-9(15)2-1-3-10(11)16/h1-3,8,15-16H,4-7H2. The number of amides is 1. The van der Waals surface area contributed by atoms with Gasteiger partial charge in [0.05, 0.1) is 0 Å². The molecule has 1 fully saturated rings. The molecule has 5 heteroatoms. The Morgan fingerprint density at radius 3 is 2.41 bits per heavy atom. The maximum absolute atomic E-state index is 12.2. The number of hydrogen-bond donors (Lipinski definition) is 2. The summed E-state index contributed by atoms with van der Waals surface area (Å²) in [7, 11) is 0. The summed E-state index contributed by atoms with van der Waals surface area (Å²) in [6.45, 7) is 0.581. The minimum Gasteiger partial charge on any atom is -0.507 e. The molecule has 0 atom stereocenters. The van der Waals surface area contributed by atoms with Crippen LogP contribution in [0.4, 0.5) is 0 Å². The molecule has 2 N–H and O–H groups in total. The number of halogens is 1. The van der Waals surface area contributed by atoms with Crippen molar-refractivity contribution >= 4 is 21.8 Å². The first-order chi connectivity index (χ1) is 8.15. The lowest BCUT2D eigenvalue weighted by molar-refractivity contribution is 0.0748. The molecule has 0 bridgehead atoms. The van der Waals surface area contributed by atoms with Crippen LogP contribution in [0.3, 0.4) is 0 Å². The average Bonchev–Trinajstić information content (AvgIpc) is 3.09. The number of phenolic OH excluding ortho intramolecular Hbond substituents is 2. The SMILES string of the molecule is O=C(c1c(O)cccc1O)N(CCBr)C1CC1. The zero-order valence-electron chi connectivity index (χ0n) is 9.27. The summed E-state index contributed by atoms with van der Waals surface area (Å²) in [6.07, 6.45) is 1.99. The number of alkyl halides is 1. The number of hydrogen-bond acceptors (Lipinski definition) is 3. The molecule has 17 heavy (non-hydrogen) atoms. The van der Waals surface area contributed by atoms with Gasteiger partial charge < -0.3 is 15.1 Å². The van der Waals surface area contributed by atoms with Crippen molar-refractivity contribution in [2.75, 3.05) is 11.9 Å². The maximum atomic E-state index is 12.2. The van der Waals surface area contributed by atoms with Crippen LogP contribution in [0.1, 0.15) is 23.2 Å². The van der Waals surface area contributed by atoms with E-state index < -0.39 is 0 Å². The molecule has 1 aliphatic rings. The van der Waals surface area contributed by atoms with Crippen LogP contribution in [0.5, 0.6) is 11.5 Å². The van der Waals surface area contributed by atoms with Crippen LogP contribution in [-0.2, 0) is 0 Å². The number of nitrogens with zero attached hydrogens (tertiary/aromatic N) is 1. The number of phenols is 2. The minimum atomic E-state index is -0.303. The predicted octanol–water partition coefficient (Wildman–Crippen LogP) is 2.10. The zero-order chi connectivity index (χ0) is 12.4. The highest BCUT2D eigenvalue weighted by atomic mass is 79.9. The second-order valence-electron chi connectivity index (χ2n) is 4.09. The monoisotopic (exact) mass is 299 g/mol. The van der Waals surface area contributed by atoms with Crippen molar-refractivity contribution in [1.29, 1.82) is 0 Å². The number of carbonyl (C=O) groups is 1. The molecule has 1 aromatic rings. The van der Waals surface area contributed by atoms with Crippen molar-refractivity contribution < 1.29 is 15.0 Å². The van der Waals surface area contributed by atoms with E-state index in [-0.39, 0.29) is 29.0 Å². The molecule has 0 saturated heterocycles. The maximum Gasteiger partial charge on any atom is 0.261 e. The van der Waals surface area contributed by atoms with Crippen LogP contribution >= 0.6 is 15.9 Å². The van der Waals surface area contributed by atoms with Gasteiger partial charge in [0.15, 0.2) is 0 Å². The fourth-order valence-electron chi connectivity index (χ4n) is 1.82. The molecule has 1 amide bonds. The molecule has 0 aromatic heterocycles. The molecule has 92 valence electrons. The molecule has 0 heterocycles. The van der Waals surface area contributed by atoms with Gasteiger partial charge in [-0.3, -0.25) is 4.79 Å². The largest absolute Gasteiger partial charge is 0.507 e. The van der Waals surface area contributed by atoms with Crippen LogP contribution in [0.15, 0.2) is 18.2 Å². The molecule has 1 saturated carbocycles. The summed E-state index contributed by atoms with van der Waals surface area (Å²) >= 11 is 3.31. The van der Waals surface area contributed by atoms with Crippen molar-refractivity contribution in [2.45, 2.75) is 18.9 Å². The van der Waals surface area contributed by atoms with Gasteiger partial charge in [-0.25, -0.2) is 0 Å². The fourth-order valence-corrected chi connectivity index (χ4v) is 2.20. The van der Waals surface area contributed by atoms with Crippen molar-refractivity contribution in [2.24, 2.45) is 0 Å². The Hall–Kier alpha value is -1.23. The lowest BCUT2D eigenvalue weighted by atomic mass is 10.1. The molecule has 1 aromatic carbocycles. The smallest absolute Gasteiger partial charge is 0.261 e. The zero-order valence-corrected chi connectivity index (χ0v) is 10.9. The fraction of sp³-hybridized carbons (Fsp3) is 0.417. The molecule has 0 radical (unpaired) electrons. The average molecular weight is 300 g/mol. The Bertz CT molecular complexity index is 412. The van der Waals surface area contributed by atoms with E-state index in [9.17, 15) is 15.0 Å². The summed E-state index contributed by atoms with van der Waals surface area (Å²) in [5.41, 5.74) is 0.000324. The van der Waals surface area contributed by atoms with E-state index in [2.05, 4.69) is 15.9 Å². The summed E-state index contributed by atoms with van der Waals surface area (Å²) < 4.78 is 0. The molecule has 0 spiro atoms. The normalized spacial score (nSPS) is 14.6. The van der Waals surface area contributed by atoms with Gasteiger partial charge in [-0.05, 0) is 25.0 Å². The van der Waals surface area contributed by atoms with Crippen LogP contribution in [-0.4, -0.2) is 38.9 Å². The van der Waals surface area contributed by atoms with E-state index in [1.807, 2.05) is 0 Å². The van der Waals surface area contributed by atoms with Gasteiger partial charge in [-0.15, -0.1) is 0 Å². The van der Waals surface area contributed by atoms with Gasteiger partial charge in [0.1, 0.15) is 17.1 Å². The van der Waals surface area contributed by atoms with Crippen LogP contribution in [0, 0.1) is 0 Å². The minimum absolute atomic E-state index is 0.000324. The number of carbonyl (C=O) groups excluding carboxylic acids is 1. The Balaban J connectivity index is 2.28. The highest BCUT2D eigenvalue weighted by Gasteiger charge is 2.34. The topological polar surface area (TPSA) is 60.8 Å². The van der Waals surface area contributed by atoms with Gasteiger partial charge in [0.25, 0.3) is 5.91 Å². The number of aromatic hydroxyl groups is 2. The van der Waals surface area contributed by atoms with E-state index in [0.717, 1.165) is 12.8 Å². The van der Waals surface area contributed by atoms with Crippen molar-refractivity contribution in [3.05, 3.63) is 23.8 Å². The highest BCUT2D eigenvalue weighted by molar-refractivity contribution is 9.09. The highest BCUT2D eigenvalue weighted by Crippen LogP contribution is 2.33. The van der Waals surface area contributed by atoms with Crippen LogP contribution in [0.25, 0.3) is 0 Å². The Morgan fingerprint density at radius 1 is 1.35 bits per heavy atom. The summed E-state index contributed by atoms with van der Waals surface area (Å²) in [4.78, 5) is 13.9. The van der Waals surface area contributed by atoms with E-state index in [1.54, 1.807) is 4.90 Å². The molecule has 1 aliphatic carbocycles. The summed E-state index contributed by atoms with van der Waals surface area (Å²) in [6, 6.07) is 4.57. The predicted molar refractivity (Wildman–Crippen MR) is 67.6 cm³/mol. The van der Waals surface area contributed by atoms with Gasteiger partial charge >= 0.3 is 0 Å². The third-order valence-corrected chi connectivity index (χ3v) is 3.16. The molecular weight excluding hydrogens is 286 g/mol. The second kappa shape index (κ2) is 4.96.